The van der Waals surface area contributed by atoms with Gasteiger partial charge in [-0.3, -0.25) is 0 Å². The van der Waals surface area contributed by atoms with Gasteiger partial charge in [-0.15, -0.1) is 0 Å². The first kappa shape index (κ1) is 12.3. The molecule has 3 nitrogen and oxygen atoms in total. The van der Waals surface area contributed by atoms with E-state index in [1.54, 1.807) is 0 Å². The number of hydrogen-bond donors (Lipinski definition) is 2. The van der Waals surface area contributed by atoms with Crippen LogP contribution in [0.4, 0.5) is 0 Å². The number of nitrogens with one attached hydrogen (secondary N) is 1. The zero-order valence-electron chi connectivity index (χ0n) is 10.5. The van der Waals surface area contributed by atoms with E-state index in [0.29, 0.717) is 12.6 Å². The number of likely N-dealkylation sites (tertiary alicyclic amines) is 1. The minimum atomic E-state index is 0.0223. The zero-order valence-corrected chi connectivity index (χ0v) is 10.5. The Morgan fingerprint density at radius 1 is 1.19 bits per heavy atom. The van der Waals surface area contributed by atoms with Crippen molar-refractivity contribution < 1.29 is 5.11 Å². The highest BCUT2D eigenvalue weighted by molar-refractivity contribution is 4.95. The molecule has 0 aromatic rings. The third-order valence-electron chi connectivity index (χ3n) is 4.36. The molecule has 2 aliphatic rings. The monoisotopic (exact) mass is 226 g/mol. The van der Waals surface area contributed by atoms with Crippen LogP contribution in [0.5, 0.6) is 0 Å². The Morgan fingerprint density at radius 3 is 2.38 bits per heavy atom. The van der Waals surface area contributed by atoms with Gasteiger partial charge >= 0.3 is 0 Å². The second kappa shape index (κ2) is 5.48. The third kappa shape index (κ3) is 2.96. The van der Waals surface area contributed by atoms with Crippen LogP contribution in [-0.2, 0) is 0 Å². The van der Waals surface area contributed by atoms with Crippen molar-refractivity contribution in [2.75, 3.05) is 26.7 Å². The quantitative estimate of drug-likeness (QED) is 0.763. The molecule has 0 spiro atoms. The topological polar surface area (TPSA) is 35.5 Å². The summed E-state index contributed by atoms with van der Waals surface area (Å²) in [5, 5.41) is 13.4. The van der Waals surface area contributed by atoms with Crippen LogP contribution in [0.15, 0.2) is 0 Å². The minimum Gasteiger partial charge on any atom is -0.394 e. The molecule has 1 saturated heterocycles. The van der Waals surface area contributed by atoms with Crippen molar-refractivity contribution in [1.82, 2.24) is 10.2 Å². The molecular formula is C13H26N2O. The maximum atomic E-state index is 9.68. The largest absolute Gasteiger partial charge is 0.394 e. The Hall–Kier alpha value is -0.120. The standard InChI is InChI=1S/C13H26N2O/c1-15-9-7-13(11-16,8-10-15)14-12-5-3-2-4-6-12/h12,14,16H,2-11H2,1H3. The van der Waals surface area contributed by atoms with Crippen molar-refractivity contribution in [3.05, 3.63) is 0 Å². The van der Waals surface area contributed by atoms with E-state index in [9.17, 15) is 5.11 Å². The lowest BCUT2D eigenvalue weighted by Crippen LogP contribution is -2.58. The third-order valence-corrected chi connectivity index (χ3v) is 4.36. The summed E-state index contributed by atoms with van der Waals surface area (Å²) in [5.41, 5.74) is 0.0223. The number of rotatable bonds is 3. The van der Waals surface area contributed by atoms with Gasteiger partial charge < -0.3 is 15.3 Å². The minimum absolute atomic E-state index is 0.0223. The van der Waals surface area contributed by atoms with Crippen LogP contribution in [0.1, 0.15) is 44.9 Å². The molecule has 0 unspecified atom stereocenters. The Balaban J connectivity index is 1.88. The summed E-state index contributed by atoms with van der Waals surface area (Å²) in [4.78, 5) is 2.36. The van der Waals surface area contributed by atoms with E-state index in [2.05, 4.69) is 17.3 Å². The highest BCUT2D eigenvalue weighted by Gasteiger charge is 2.34. The first-order chi connectivity index (χ1) is 7.74. The second-order valence-electron chi connectivity index (χ2n) is 5.72. The van der Waals surface area contributed by atoms with Crippen LogP contribution in [0, 0.1) is 0 Å². The molecule has 2 fully saturated rings. The summed E-state index contributed by atoms with van der Waals surface area (Å²) in [7, 11) is 2.17. The highest BCUT2D eigenvalue weighted by Crippen LogP contribution is 2.26. The number of hydrogen-bond acceptors (Lipinski definition) is 3. The van der Waals surface area contributed by atoms with E-state index in [4.69, 9.17) is 0 Å². The normalized spacial score (nSPS) is 28.1. The predicted octanol–water partition coefficient (Wildman–Crippen LogP) is 1.37. The maximum Gasteiger partial charge on any atom is 0.0614 e. The van der Waals surface area contributed by atoms with Gasteiger partial charge in [-0.2, -0.15) is 0 Å². The summed E-state index contributed by atoms with van der Waals surface area (Å²) in [6.45, 7) is 2.53. The van der Waals surface area contributed by atoms with Crippen molar-refractivity contribution in [1.29, 1.82) is 0 Å². The summed E-state index contributed by atoms with van der Waals surface area (Å²) in [6, 6.07) is 0.657. The lowest BCUT2D eigenvalue weighted by molar-refractivity contribution is 0.0740. The van der Waals surface area contributed by atoms with E-state index in [1.165, 1.54) is 32.1 Å². The van der Waals surface area contributed by atoms with Crippen molar-refractivity contribution in [3.8, 4) is 0 Å². The fraction of sp³-hybridized carbons (Fsp3) is 1.00. The fourth-order valence-corrected chi connectivity index (χ4v) is 3.07. The zero-order chi connectivity index (χ0) is 11.4. The molecule has 0 bridgehead atoms. The average Bonchev–Trinajstić information content (AvgIpc) is 2.34. The van der Waals surface area contributed by atoms with Gasteiger partial charge in [0.05, 0.1) is 6.61 Å². The van der Waals surface area contributed by atoms with Gasteiger partial charge in [0.15, 0.2) is 0 Å². The van der Waals surface area contributed by atoms with Crippen molar-refractivity contribution in [2.24, 2.45) is 0 Å². The van der Waals surface area contributed by atoms with E-state index >= 15 is 0 Å². The molecule has 0 aromatic heterocycles. The molecule has 2 rings (SSSR count). The molecule has 2 N–H and O–H groups in total. The Labute approximate surface area is 99.2 Å². The fourth-order valence-electron chi connectivity index (χ4n) is 3.07. The molecule has 0 atom stereocenters. The summed E-state index contributed by atoms with van der Waals surface area (Å²) < 4.78 is 0. The smallest absolute Gasteiger partial charge is 0.0614 e. The number of nitrogens with zero attached hydrogens (tertiary/aromatic N) is 1. The van der Waals surface area contributed by atoms with Gasteiger partial charge in [0.1, 0.15) is 0 Å². The number of aliphatic hydroxyl groups excluding tert-OH is 1. The molecule has 0 amide bonds. The van der Waals surface area contributed by atoms with Crippen molar-refractivity contribution in [3.63, 3.8) is 0 Å². The summed E-state index contributed by atoms with van der Waals surface area (Å²) >= 11 is 0. The van der Waals surface area contributed by atoms with Gasteiger partial charge in [-0.25, -0.2) is 0 Å². The van der Waals surface area contributed by atoms with Crippen LogP contribution in [0.2, 0.25) is 0 Å². The number of aliphatic hydroxyl groups is 1. The van der Waals surface area contributed by atoms with Crippen LogP contribution in [0.25, 0.3) is 0 Å². The lowest BCUT2D eigenvalue weighted by atomic mass is 9.85. The highest BCUT2D eigenvalue weighted by atomic mass is 16.3. The van der Waals surface area contributed by atoms with E-state index in [1.807, 2.05) is 0 Å². The summed E-state index contributed by atoms with van der Waals surface area (Å²) in [5.74, 6) is 0. The molecule has 3 heteroatoms. The van der Waals surface area contributed by atoms with Gasteiger partial charge in [0.25, 0.3) is 0 Å². The predicted molar refractivity (Wildman–Crippen MR) is 66.6 cm³/mol. The van der Waals surface area contributed by atoms with Crippen LogP contribution in [0.3, 0.4) is 0 Å². The Bertz CT molecular complexity index is 206. The molecule has 1 heterocycles. The van der Waals surface area contributed by atoms with Gasteiger partial charge in [0, 0.05) is 11.6 Å². The van der Waals surface area contributed by atoms with Crippen LogP contribution < -0.4 is 5.32 Å². The SMILES string of the molecule is CN1CCC(CO)(NC2CCCCC2)CC1. The lowest BCUT2D eigenvalue weighted by Gasteiger charge is -2.43. The molecule has 1 aliphatic carbocycles. The molecule has 0 radical (unpaired) electrons. The molecule has 16 heavy (non-hydrogen) atoms. The molecule has 1 aliphatic heterocycles. The van der Waals surface area contributed by atoms with Gasteiger partial charge in [-0.05, 0) is 45.8 Å². The van der Waals surface area contributed by atoms with E-state index in [-0.39, 0.29) is 5.54 Å². The molecule has 0 aromatic carbocycles. The van der Waals surface area contributed by atoms with Crippen molar-refractivity contribution in [2.45, 2.75) is 56.5 Å². The van der Waals surface area contributed by atoms with Gasteiger partial charge in [0.2, 0.25) is 0 Å². The second-order valence-corrected chi connectivity index (χ2v) is 5.72. The van der Waals surface area contributed by atoms with E-state index < -0.39 is 0 Å². The molecule has 1 saturated carbocycles. The molecule has 94 valence electrons. The Kier molecular flexibility index (Phi) is 4.22. The average molecular weight is 226 g/mol. The van der Waals surface area contributed by atoms with Crippen LogP contribution >= 0.6 is 0 Å². The van der Waals surface area contributed by atoms with Crippen molar-refractivity contribution >= 4 is 0 Å². The first-order valence-corrected chi connectivity index (χ1v) is 6.81. The van der Waals surface area contributed by atoms with E-state index in [0.717, 1.165) is 25.9 Å². The number of piperidine rings is 1. The Morgan fingerprint density at radius 2 is 1.81 bits per heavy atom. The maximum absolute atomic E-state index is 9.68. The first-order valence-electron chi connectivity index (χ1n) is 6.81. The van der Waals surface area contributed by atoms with Gasteiger partial charge in [-0.1, -0.05) is 19.3 Å². The molecular weight excluding hydrogens is 200 g/mol. The summed E-state index contributed by atoms with van der Waals surface area (Å²) in [6.07, 6.45) is 8.91. The van der Waals surface area contributed by atoms with Crippen LogP contribution in [-0.4, -0.2) is 48.3 Å².